The molecular formula is C14H22FNO3S. The zero-order chi connectivity index (χ0) is 15.6. The number of rotatable bonds is 6. The molecule has 6 heteroatoms. The van der Waals surface area contributed by atoms with Crippen LogP contribution in [0.2, 0.25) is 0 Å². The summed E-state index contributed by atoms with van der Waals surface area (Å²) in [5, 5.41) is 9.06. The van der Waals surface area contributed by atoms with Gasteiger partial charge < -0.3 is 5.11 Å². The van der Waals surface area contributed by atoms with Gasteiger partial charge in [-0.2, -0.15) is 0 Å². The number of benzene rings is 1. The molecule has 2 N–H and O–H groups in total. The van der Waals surface area contributed by atoms with Crippen LogP contribution in [0, 0.1) is 19.7 Å². The normalized spacial score (nSPS) is 15.1. The molecule has 0 aliphatic rings. The first-order chi connectivity index (χ1) is 9.15. The van der Waals surface area contributed by atoms with Crippen molar-refractivity contribution in [2.45, 2.75) is 51.0 Å². The fourth-order valence-electron chi connectivity index (χ4n) is 2.24. The van der Waals surface area contributed by atoms with Crippen molar-refractivity contribution >= 4 is 10.0 Å². The smallest absolute Gasteiger partial charge is 0.241 e. The Kier molecular flexibility index (Phi) is 5.29. The number of halogens is 1. The molecule has 0 saturated carbocycles. The van der Waals surface area contributed by atoms with E-state index >= 15 is 0 Å². The van der Waals surface area contributed by atoms with Gasteiger partial charge in [-0.05, 0) is 56.9 Å². The Hall–Kier alpha value is -0.980. The standard InChI is InChI=1S/C14H22FNO3S/c1-5-14(4,6-7-17)16-20(18,19)13-10(2)8-12(15)9-11(13)3/h8-9,16-17H,5-7H2,1-4H3. The predicted molar refractivity (Wildman–Crippen MR) is 76.6 cm³/mol. The van der Waals surface area contributed by atoms with Gasteiger partial charge in [-0.1, -0.05) is 6.92 Å². The number of aliphatic hydroxyl groups excluding tert-OH is 1. The molecule has 0 fully saturated rings. The minimum absolute atomic E-state index is 0.103. The van der Waals surface area contributed by atoms with Gasteiger partial charge in [0.05, 0.1) is 4.90 Å². The van der Waals surface area contributed by atoms with E-state index in [0.29, 0.717) is 24.0 Å². The Morgan fingerprint density at radius 2 is 1.80 bits per heavy atom. The number of aryl methyl sites for hydroxylation is 2. The highest BCUT2D eigenvalue weighted by atomic mass is 32.2. The second-order valence-corrected chi connectivity index (χ2v) is 6.98. The molecule has 0 amide bonds. The Morgan fingerprint density at radius 1 is 1.30 bits per heavy atom. The number of aliphatic hydroxyl groups is 1. The SMILES string of the molecule is CCC(C)(CCO)NS(=O)(=O)c1c(C)cc(F)cc1C. The predicted octanol–water partition coefficient (Wildman–Crippen LogP) is 2.27. The fourth-order valence-corrected chi connectivity index (χ4v) is 4.21. The van der Waals surface area contributed by atoms with Crippen LogP contribution in [0.25, 0.3) is 0 Å². The van der Waals surface area contributed by atoms with E-state index in [-0.39, 0.29) is 11.5 Å². The molecule has 0 aromatic heterocycles. The summed E-state index contributed by atoms with van der Waals surface area (Å²) in [6.07, 6.45) is 0.869. The third-order valence-corrected chi connectivity index (χ3v) is 5.46. The van der Waals surface area contributed by atoms with Crippen molar-refractivity contribution in [1.29, 1.82) is 0 Å². The van der Waals surface area contributed by atoms with Gasteiger partial charge in [0.15, 0.2) is 0 Å². The van der Waals surface area contributed by atoms with Crippen LogP contribution in [-0.4, -0.2) is 25.7 Å². The lowest BCUT2D eigenvalue weighted by molar-refractivity contribution is 0.233. The minimum atomic E-state index is -3.76. The maximum Gasteiger partial charge on any atom is 0.241 e. The summed E-state index contributed by atoms with van der Waals surface area (Å²) in [7, 11) is -3.76. The maximum absolute atomic E-state index is 13.3. The Balaban J connectivity index is 3.25. The number of nitrogens with one attached hydrogen (secondary N) is 1. The maximum atomic E-state index is 13.3. The van der Waals surface area contributed by atoms with Crippen molar-refractivity contribution in [1.82, 2.24) is 4.72 Å². The van der Waals surface area contributed by atoms with E-state index in [4.69, 9.17) is 5.11 Å². The highest BCUT2D eigenvalue weighted by Crippen LogP contribution is 2.24. The Bertz CT molecular complexity index is 563. The van der Waals surface area contributed by atoms with E-state index in [1.807, 2.05) is 6.92 Å². The molecule has 1 unspecified atom stereocenters. The number of sulfonamides is 1. The zero-order valence-corrected chi connectivity index (χ0v) is 13.1. The fraction of sp³-hybridized carbons (Fsp3) is 0.571. The molecule has 114 valence electrons. The third-order valence-electron chi connectivity index (χ3n) is 3.52. The quantitative estimate of drug-likeness (QED) is 0.847. The summed E-state index contributed by atoms with van der Waals surface area (Å²) < 4.78 is 40.9. The second-order valence-electron chi connectivity index (χ2n) is 5.36. The van der Waals surface area contributed by atoms with Crippen LogP contribution in [0.3, 0.4) is 0 Å². The van der Waals surface area contributed by atoms with Crippen LogP contribution < -0.4 is 4.72 Å². The van der Waals surface area contributed by atoms with Crippen molar-refractivity contribution in [2.24, 2.45) is 0 Å². The molecule has 0 spiro atoms. The number of hydrogen-bond donors (Lipinski definition) is 2. The Labute approximate surface area is 120 Å². The van der Waals surface area contributed by atoms with Gasteiger partial charge in [0.25, 0.3) is 0 Å². The molecule has 1 aromatic carbocycles. The molecule has 1 rings (SSSR count). The van der Waals surface area contributed by atoms with E-state index in [2.05, 4.69) is 4.72 Å². The monoisotopic (exact) mass is 303 g/mol. The van der Waals surface area contributed by atoms with Crippen molar-refractivity contribution in [3.05, 3.63) is 29.1 Å². The zero-order valence-electron chi connectivity index (χ0n) is 12.3. The molecule has 1 atom stereocenters. The first kappa shape index (κ1) is 17.1. The van der Waals surface area contributed by atoms with E-state index in [9.17, 15) is 12.8 Å². The Morgan fingerprint density at radius 3 is 2.20 bits per heavy atom. The van der Waals surface area contributed by atoms with Gasteiger partial charge in [0.2, 0.25) is 10.0 Å². The molecule has 0 heterocycles. The van der Waals surface area contributed by atoms with Crippen LogP contribution in [0.4, 0.5) is 4.39 Å². The van der Waals surface area contributed by atoms with Gasteiger partial charge in [0, 0.05) is 12.1 Å². The molecule has 0 bridgehead atoms. The van der Waals surface area contributed by atoms with Crippen molar-refractivity contribution in [2.75, 3.05) is 6.61 Å². The minimum Gasteiger partial charge on any atom is -0.396 e. The molecule has 0 aliphatic carbocycles. The van der Waals surface area contributed by atoms with Crippen molar-refractivity contribution in [3.63, 3.8) is 0 Å². The van der Waals surface area contributed by atoms with Gasteiger partial charge in [-0.15, -0.1) is 0 Å². The highest BCUT2D eigenvalue weighted by molar-refractivity contribution is 7.89. The average molecular weight is 303 g/mol. The molecule has 4 nitrogen and oxygen atoms in total. The van der Waals surface area contributed by atoms with Gasteiger partial charge in [-0.3, -0.25) is 0 Å². The van der Waals surface area contributed by atoms with Crippen LogP contribution >= 0.6 is 0 Å². The topological polar surface area (TPSA) is 66.4 Å². The lowest BCUT2D eigenvalue weighted by Crippen LogP contribution is -2.46. The van der Waals surface area contributed by atoms with Gasteiger partial charge in [-0.25, -0.2) is 17.5 Å². The summed E-state index contributed by atoms with van der Waals surface area (Å²) >= 11 is 0. The van der Waals surface area contributed by atoms with E-state index in [1.165, 1.54) is 12.1 Å². The third kappa shape index (κ3) is 3.77. The van der Waals surface area contributed by atoms with Crippen LogP contribution in [-0.2, 0) is 10.0 Å². The summed E-state index contributed by atoms with van der Waals surface area (Å²) in [4.78, 5) is 0.108. The van der Waals surface area contributed by atoms with Gasteiger partial charge >= 0.3 is 0 Å². The van der Waals surface area contributed by atoms with Crippen molar-refractivity contribution < 1.29 is 17.9 Å². The summed E-state index contributed by atoms with van der Waals surface area (Å²) in [5.41, 5.74) is 0.0239. The first-order valence-corrected chi connectivity index (χ1v) is 8.05. The van der Waals surface area contributed by atoms with Crippen LogP contribution in [0.15, 0.2) is 17.0 Å². The average Bonchev–Trinajstić information content (AvgIpc) is 2.26. The summed E-state index contributed by atoms with van der Waals surface area (Å²) in [6.45, 7) is 6.63. The number of hydrogen-bond acceptors (Lipinski definition) is 3. The molecule has 0 saturated heterocycles. The van der Waals surface area contributed by atoms with Gasteiger partial charge in [0.1, 0.15) is 5.82 Å². The molecule has 0 aliphatic heterocycles. The molecule has 0 radical (unpaired) electrons. The molecule has 1 aromatic rings. The van der Waals surface area contributed by atoms with Crippen molar-refractivity contribution in [3.8, 4) is 0 Å². The van der Waals surface area contributed by atoms with Crippen LogP contribution in [0.1, 0.15) is 37.8 Å². The second kappa shape index (κ2) is 6.20. The van der Waals surface area contributed by atoms with E-state index < -0.39 is 21.4 Å². The molecular weight excluding hydrogens is 281 g/mol. The lowest BCUT2D eigenvalue weighted by Gasteiger charge is -2.29. The molecule has 20 heavy (non-hydrogen) atoms. The van der Waals surface area contributed by atoms with E-state index in [1.54, 1.807) is 20.8 Å². The lowest BCUT2D eigenvalue weighted by atomic mass is 9.97. The summed E-state index contributed by atoms with van der Waals surface area (Å²) in [5.74, 6) is -0.451. The van der Waals surface area contributed by atoms with E-state index in [0.717, 1.165) is 0 Å². The summed E-state index contributed by atoms with van der Waals surface area (Å²) in [6, 6.07) is 2.41. The largest absolute Gasteiger partial charge is 0.396 e. The first-order valence-electron chi connectivity index (χ1n) is 6.57. The van der Waals surface area contributed by atoms with Crippen LogP contribution in [0.5, 0.6) is 0 Å². The highest BCUT2D eigenvalue weighted by Gasteiger charge is 2.30.